The lowest BCUT2D eigenvalue weighted by Crippen LogP contribution is -2.37. The molecule has 0 radical (unpaired) electrons. The Bertz CT molecular complexity index is 750. The zero-order chi connectivity index (χ0) is 17.9. The lowest BCUT2D eigenvalue weighted by molar-refractivity contribution is -0.120. The monoisotopic (exact) mass is 339 g/mol. The topological polar surface area (TPSA) is 47.6 Å². The highest BCUT2D eigenvalue weighted by Crippen LogP contribution is 2.34. The van der Waals surface area contributed by atoms with E-state index in [2.05, 4.69) is 19.2 Å². The third-order valence-corrected chi connectivity index (χ3v) is 4.54. The van der Waals surface area contributed by atoms with Gasteiger partial charge in [0.1, 0.15) is 13.2 Å². The van der Waals surface area contributed by atoms with Crippen LogP contribution in [-0.4, -0.2) is 25.7 Å². The summed E-state index contributed by atoms with van der Waals surface area (Å²) in [5.74, 6) is 1.60. The van der Waals surface area contributed by atoms with Gasteiger partial charge in [-0.15, -0.1) is 0 Å². The number of carbonyl (C=O) groups is 1. The average Bonchev–Trinajstić information content (AvgIpc) is 2.62. The van der Waals surface area contributed by atoms with E-state index in [1.807, 2.05) is 49.4 Å². The van der Waals surface area contributed by atoms with Crippen LogP contribution in [0, 0.1) is 6.92 Å². The van der Waals surface area contributed by atoms with Gasteiger partial charge in [-0.2, -0.15) is 0 Å². The Morgan fingerprint density at radius 2 is 1.72 bits per heavy atom. The predicted molar refractivity (Wildman–Crippen MR) is 98.4 cm³/mol. The SMILES string of the molecule is Cc1ccc(CC(=O)NCC(C)(C)c2ccc3c(c2)OCCO3)cc1. The lowest BCUT2D eigenvalue weighted by atomic mass is 9.84. The van der Waals surface area contributed by atoms with Crippen molar-refractivity contribution in [2.75, 3.05) is 19.8 Å². The van der Waals surface area contributed by atoms with Crippen LogP contribution in [0.3, 0.4) is 0 Å². The molecule has 0 spiro atoms. The van der Waals surface area contributed by atoms with Crippen molar-refractivity contribution in [3.8, 4) is 11.5 Å². The van der Waals surface area contributed by atoms with Gasteiger partial charge in [-0.05, 0) is 30.2 Å². The molecule has 4 nitrogen and oxygen atoms in total. The van der Waals surface area contributed by atoms with Crippen molar-refractivity contribution in [2.45, 2.75) is 32.6 Å². The number of carbonyl (C=O) groups excluding carboxylic acids is 1. The fourth-order valence-electron chi connectivity index (χ4n) is 2.84. The fourth-order valence-corrected chi connectivity index (χ4v) is 2.84. The van der Waals surface area contributed by atoms with Crippen LogP contribution >= 0.6 is 0 Å². The maximum absolute atomic E-state index is 12.3. The van der Waals surface area contributed by atoms with E-state index in [0.29, 0.717) is 26.2 Å². The van der Waals surface area contributed by atoms with Crippen molar-refractivity contribution < 1.29 is 14.3 Å². The second-order valence-electron chi connectivity index (χ2n) is 7.18. The minimum absolute atomic E-state index is 0.0365. The normalized spacial score (nSPS) is 13.4. The van der Waals surface area contributed by atoms with Gasteiger partial charge in [0.2, 0.25) is 5.91 Å². The molecule has 25 heavy (non-hydrogen) atoms. The van der Waals surface area contributed by atoms with Gasteiger partial charge in [-0.3, -0.25) is 4.79 Å². The van der Waals surface area contributed by atoms with Crippen LogP contribution in [0.15, 0.2) is 42.5 Å². The molecule has 0 aromatic heterocycles. The molecule has 3 rings (SSSR count). The standard InChI is InChI=1S/C21H25NO3/c1-15-4-6-16(7-5-15)12-20(23)22-14-21(2,3)17-8-9-18-19(13-17)25-11-10-24-18/h4-9,13H,10-12,14H2,1-3H3,(H,22,23). The van der Waals surface area contributed by atoms with Gasteiger partial charge in [0, 0.05) is 12.0 Å². The maximum atomic E-state index is 12.3. The van der Waals surface area contributed by atoms with Crippen molar-refractivity contribution in [3.05, 3.63) is 59.2 Å². The summed E-state index contributed by atoms with van der Waals surface area (Å²) in [7, 11) is 0. The molecule has 0 aliphatic carbocycles. The highest BCUT2D eigenvalue weighted by atomic mass is 16.6. The summed E-state index contributed by atoms with van der Waals surface area (Å²) >= 11 is 0. The van der Waals surface area contributed by atoms with Crippen molar-refractivity contribution in [3.63, 3.8) is 0 Å². The lowest BCUT2D eigenvalue weighted by Gasteiger charge is -2.28. The van der Waals surface area contributed by atoms with Gasteiger partial charge in [-0.25, -0.2) is 0 Å². The minimum atomic E-state index is -0.196. The Kier molecular flexibility index (Phi) is 4.98. The number of nitrogens with one attached hydrogen (secondary N) is 1. The first-order valence-corrected chi connectivity index (χ1v) is 8.66. The Labute approximate surface area is 149 Å². The minimum Gasteiger partial charge on any atom is -0.486 e. The van der Waals surface area contributed by atoms with Crippen molar-refractivity contribution in [1.29, 1.82) is 0 Å². The van der Waals surface area contributed by atoms with Gasteiger partial charge in [0.25, 0.3) is 0 Å². The molecule has 2 aromatic carbocycles. The van der Waals surface area contributed by atoms with E-state index < -0.39 is 0 Å². The summed E-state index contributed by atoms with van der Waals surface area (Å²) in [6, 6.07) is 14.1. The maximum Gasteiger partial charge on any atom is 0.224 e. The smallest absolute Gasteiger partial charge is 0.224 e. The van der Waals surface area contributed by atoms with Crippen molar-refractivity contribution in [1.82, 2.24) is 5.32 Å². The first-order valence-electron chi connectivity index (χ1n) is 8.66. The number of aryl methyl sites for hydroxylation is 1. The fraction of sp³-hybridized carbons (Fsp3) is 0.381. The van der Waals surface area contributed by atoms with Gasteiger partial charge in [0.15, 0.2) is 11.5 Å². The number of benzene rings is 2. The highest BCUT2D eigenvalue weighted by molar-refractivity contribution is 5.78. The summed E-state index contributed by atoms with van der Waals surface area (Å²) in [5, 5.41) is 3.05. The predicted octanol–water partition coefficient (Wildman–Crippen LogP) is 3.40. The molecule has 1 N–H and O–H groups in total. The van der Waals surface area contributed by atoms with Crippen LogP contribution in [0.4, 0.5) is 0 Å². The van der Waals surface area contributed by atoms with Gasteiger partial charge < -0.3 is 14.8 Å². The number of fused-ring (bicyclic) bond motifs is 1. The molecule has 0 unspecified atom stereocenters. The average molecular weight is 339 g/mol. The van der Waals surface area contributed by atoms with Crippen LogP contribution in [0.1, 0.15) is 30.5 Å². The van der Waals surface area contributed by atoms with Crippen molar-refractivity contribution >= 4 is 5.91 Å². The summed E-state index contributed by atoms with van der Waals surface area (Å²) in [6.45, 7) is 8.00. The Morgan fingerprint density at radius 3 is 2.44 bits per heavy atom. The zero-order valence-corrected chi connectivity index (χ0v) is 15.1. The molecule has 0 saturated heterocycles. The van der Waals surface area contributed by atoms with Crippen LogP contribution in [-0.2, 0) is 16.6 Å². The van der Waals surface area contributed by atoms with Crippen LogP contribution in [0.2, 0.25) is 0 Å². The van der Waals surface area contributed by atoms with E-state index in [0.717, 1.165) is 22.6 Å². The summed E-state index contributed by atoms with van der Waals surface area (Å²) in [4.78, 5) is 12.3. The van der Waals surface area contributed by atoms with E-state index in [1.165, 1.54) is 5.56 Å². The van der Waals surface area contributed by atoms with Crippen molar-refractivity contribution in [2.24, 2.45) is 0 Å². The number of rotatable bonds is 5. The van der Waals surface area contributed by atoms with Gasteiger partial charge >= 0.3 is 0 Å². The molecule has 2 aromatic rings. The van der Waals surface area contributed by atoms with Gasteiger partial charge in [0.05, 0.1) is 6.42 Å². The van der Waals surface area contributed by atoms with E-state index in [-0.39, 0.29) is 11.3 Å². The quantitative estimate of drug-likeness (QED) is 0.908. The first-order chi connectivity index (χ1) is 11.9. The Hall–Kier alpha value is -2.49. The number of ether oxygens (including phenoxy) is 2. The molecule has 132 valence electrons. The molecule has 4 heteroatoms. The third kappa shape index (κ3) is 4.32. The molecule has 0 atom stereocenters. The van der Waals surface area contributed by atoms with E-state index >= 15 is 0 Å². The highest BCUT2D eigenvalue weighted by Gasteiger charge is 2.24. The molecular weight excluding hydrogens is 314 g/mol. The van der Waals surface area contributed by atoms with Crippen LogP contribution in [0.25, 0.3) is 0 Å². The molecule has 1 amide bonds. The second kappa shape index (κ2) is 7.18. The number of amides is 1. The molecule has 1 aliphatic rings. The van der Waals surface area contributed by atoms with E-state index in [1.54, 1.807) is 0 Å². The molecule has 1 aliphatic heterocycles. The summed E-state index contributed by atoms with van der Waals surface area (Å²) in [6.07, 6.45) is 0.400. The summed E-state index contributed by atoms with van der Waals surface area (Å²) < 4.78 is 11.2. The third-order valence-electron chi connectivity index (χ3n) is 4.54. The van der Waals surface area contributed by atoms with E-state index in [4.69, 9.17) is 9.47 Å². The summed E-state index contributed by atoms with van der Waals surface area (Å²) in [5.41, 5.74) is 3.15. The zero-order valence-electron chi connectivity index (χ0n) is 15.1. The molecule has 0 fully saturated rings. The van der Waals surface area contributed by atoms with Gasteiger partial charge in [-0.1, -0.05) is 49.7 Å². The van der Waals surface area contributed by atoms with Crippen LogP contribution < -0.4 is 14.8 Å². The molecule has 0 bridgehead atoms. The first kappa shape index (κ1) is 17.3. The van der Waals surface area contributed by atoms with E-state index in [9.17, 15) is 4.79 Å². The Balaban J connectivity index is 1.61. The number of hydrogen-bond donors (Lipinski definition) is 1. The molecular formula is C21H25NO3. The second-order valence-corrected chi connectivity index (χ2v) is 7.18. The largest absolute Gasteiger partial charge is 0.486 e. The Morgan fingerprint density at radius 1 is 1.04 bits per heavy atom. The van der Waals surface area contributed by atoms with Crippen LogP contribution in [0.5, 0.6) is 11.5 Å². The molecule has 1 heterocycles. The number of hydrogen-bond acceptors (Lipinski definition) is 3. The molecule has 0 saturated carbocycles.